The Balaban J connectivity index is 0.889. The molecule has 1 fully saturated rings. The summed E-state index contributed by atoms with van der Waals surface area (Å²) in [7, 11) is 0. The first-order valence-electron chi connectivity index (χ1n) is 17.8. The van der Waals surface area contributed by atoms with Crippen LogP contribution in [0.3, 0.4) is 0 Å². The number of piperidine rings is 1. The molecule has 2 aromatic heterocycles. The molecule has 2 atom stereocenters. The number of benzene rings is 2. The summed E-state index contributed by atoms with van der Waals surface area (Å²) in [5.74, 6) is -0.983. The number of rotatable bonds is 13. The van der Waals surface area contributed by atoms with Crippen molar-refractivity contribution in [2.75, 3.05) is 31.6 Å². The van der Waals surface area contributed by atoms with Gasteiger partial charge in [0.25, 0.3) is 11.8 Å². The normalized spacial score (nSPS) is 17.8. The average Bonchev–Trinajstić information content (AvgIpc) is 3.72. The lowest BCUT2D eigenvalue weighted by molar-refractivity contribution is -0.136. The average molecular weight is 771 g/mol. The number of fused-ring (bicyclic) bond motifs is 4. The molecule has 0 bridgehead atoms. The monoisotopic (exact) mass is 770 g/mol. The fourth-order valence-corrected chi connectivity index (χ4v) is 8.28. The maximum atomic E-state index is 13.3. The number of thiophene rings is 1. The molecule has 1 unspecified atom stereocenters. The molecular formula is C38H39ClN8O6S. The van der Waals surface area contributed by atoms with Crippen LogP contribution in [0, 0.1) is 20.8 Å². The Hall–Kier alpha value is -5.25. The van der Waals surface area contributed by atoms with Crippen LogP contribution in [0.2, 0.25) is 5.02 Å². The number of aromatic nitrogens is 3. The number of hydrogen-bond donors (Lipinski definition) is 3. The van der Waals surface area contributed by atoms with Crippen LogP contribution < -0.4 is 16.0 Å². The summed E-state index contributed by atoms with van der Waals surface area (Å²) >= 11 is 7.87. The number of carbonyl (C=O) groups is 5. The molecule has 16 heteroatoms. The lowest BCUT2D eigenvalue weighted by atomic mass is 9.99. The Morgan fingerprint density at radius 3 is 2.50 bits per heavy atom. The van der Waals surface area contributed by atoms with Crippen molar-refractivity contribution in [3.05, 3.63) is 91.8 Å². The van der Waals surface area contributed by atoms with Crippen molar-refractivity contribution in [2.24, 2.45) is 4.99 Å². The minimum absolute atomic E-state index is 0.0599. The van der Waals surface area contributed by atoms with E-state index in [-0.39, 0.29) is 36.3 Å². The van der Waals surface area contributed by atoms with Crippen LogP contribution in [0.4, 0.5) is 5.69 Å². The third kappa shape index (κ3) is 7.18. The molecule has 0 saturated carbocycles. The first-order valence-corrected chi connectivity index (χ1v) is 19.0. The number of carbonyl (C=O) groups excluding carboxylic acids is 5. The molecule has 0 radical (unpaired) electrons. The Morgan fingerprint density at radius 1 is 0.981 bits per heavy atom. The molecular weight excluding hydrogens is 732 g/mol. The summed E-state index contributed by atoms with van der Waals surface area (Å²) in [6.07, 6.45) is 1.48. The van der Waals surface area contributed by atoms with Gasteiger partial charge in [-0.25, -0.2) is 0 Å². The van der Waals surface area contributed by atoms with Crippen molar-refractivity contribution >= 4 is 63.9 Å². The van der Waals surface area contributed by atoms with E-state index in [1.807, 2.05) is 35.8 Å². The van der Waals surface area contributed by atoms with E-state index in [9.17, 15) is 24.0 Å². The molecule has 1 saturated heterocycles. The van der Waals surface area contributed by atoms with Crippen molar-refractivity contribution in [1.82, 2.24) is 30.3 Å². The Bertz CT molecular complexity index is 2200. The third-order valence-electron chi connectivity index (χ3n) is 9.77. The van der Waals surface area contributed by atoms with Gasteiger partial charge in [0.15, 0.2) is 5.82 Å². The second-order valence-corrected chi connectivity index (χ2v) is 15.0. The summed E-state index contributed by atoms with van der Waals surface area (Å²) in [5.41, 5.74) is 4.76. The SMILES string of the molecule is Cc1sc2c(c1C)C(c1ccc(Cl)cc1)=N[C@@H](CC(=O)NCCCOCCCNc1cccc3c1C(=O)N(C1CCC(=O)NC1=O)C3=O)c1nnc(C)n1-2. The zero-order valence-electron chi connectivity index (χ0n) is 30.0. The topological polar surface area (TPSA) is 177 Å². The fraction of sp³-hybridized carbons (Fsp3) is 0.368. The van der Waals surface area contributed by atoms with Gasteiger partial charge in [-0.3, -0.25) is 43.7 Å². The van der Waals surface area contributed by atoms with Crippen LogP contribution in [-0.4, -0.2) is 87.3 Å². The Kier molecular flexibility index (Phi) is 10.7. The van der Waals surface area contributed by atoms with Crippen molar-refractivity contribution < 1.29 is 28.7 Å². The molecule has 4 aromatic rings. The third-order valence-corrected chi connectivity index (χ3v) is 11.2. The molecule has 7 rings (SSSR count). The van der Waals surface area contributed by atoms with Gasteiger partial charge < -0.3 is 15.4 Å². The number of halogens is 1. The smallest absolute Gasteiger partial charge is 0.264 e. The van der Waals surface area contributed by atoms with E-state index in [1.165, 1.54) is 4.88 Å². The van der Waals surface area contributed by atoms with Crippen LogP contribution in [0.1, 0.15) is 92.1 Å². The molecule has 54 heavy (non-hydrogen) atoms. The summed E-state index contributed by atoms with van der Waals surface area (Å²) in [5, 5.41) is 18.9. The van der Waals surface area contributed by atoms with E-state index in [2.05, 4.69) is 40.0 Å². The molecule has 3 aliphatic rings. The molecule has 0 spiro atoms. The van der Waals surface area contributed by atoms with Crippen molar-refractivity contribution in [3.63, 3.8) is 0 Å². The van der Waals surface area contributed by atoms with Crippen LogP contribution in [0.25, 0.3) is 5.00 Å². The van der Waals surface area contributed by atoms with Crippen molar-refractivity contribution in [3.8, 4) is 5.00 Å². The van der Waals surface area contributed by atoms with Gasteiger partial charge >= 0.3 is 0 Å². The summed E-state index contributed by atoms with van der Waals surface area (Å²) in [4.78, 5) is 70.9. The molecule has 5 amide bonds. The number of aliphatic imine (C=N–C) groups is 1. The maximum absolute atomic E-state index is 13.3. The molecule has 5 heterocycles. The molecule has 280 valence electrons. The van der Waals surface area contributed by atoms with E-state index in [4.69, 9.17) is 21.3 Å². The number of hydrogen-bond acceptors (Lipinski definition) is 11. The fourth-order valence-electron chi connectivity index (χ4n) is 6.94. The molecule has 2 aromatic carbocycles. The van der Waals surface area contributed by atoms with E-state index >= 15 is 0 Å². The predicted octanol–water partition coefficient (Wildman–Crippen LogP) is 4.62. The van der Waals surface area contributed by atoms with Crippen molar-refractivity contribution in [1.29, 1.82) is 0 Å². The lowest BCUT2D eigenvalue weighted by Crippen LogP contribution is -2.54. The number of nitrogens with zero attached hydrogens (tertiary/aromatic N) is 5. The lowest BCUT2D eigenvalue weighted by Gasteiger charge is -2.27. The van der Waals surface area contributed by atoms with E-state index in [0.717, 1.165) is 38.1 Å². The minimum atomic E-state index is -1.02. The van der Waals surface area contributed by atoms with E-state index < -0.39 is 35.7 Å². The molecule has 0 aliphatic carbocycles. The van der Waals surface area contributed by atoms with Gasteiger partial charge in [-0.15, -0.1) is 21.5 Å². The van der Waals surface area contributed by atoms with Crippen LogP contribution in [0.15, 0.2) is 47.5 Å². The van der Waals surface area contributed by atoms with Crippen LogP contribution in [0.5, 0.6) is 0 Å². The van der Waals surface area contributed by atoms with Crippen molar-refractivity contribution in [2.45, 2.75) is 65.0 Å². The van der Waals surface area contributed by atoms with Gasteiger partial charge in [-0.2, -0.15) is 0 Å². The number of amides is 5. The highest BCUT2D eigenvalue weighted by molar-refractivity contribution is 7.15. The predicted molar refractivity (Wildman–Crippen MR) is 203 cm³/mol. The quantitative estimate of drug-likeness (QED) is 0.129. The zero-order chi connectivity index (χ0) is 38.1. The molecule has 14 nitrogen and oxygen atoms in total. The number of ether oxygens (including phenoxy) is 1. The number of imide groups is 2. The largest absolute Gasteiger partial charge is 0.384 e. The second kappa shape index (κ2) is 15.6. The Morgan fingerprint density at radius 2 is 1.74 bits per heavy atom. The first-order chi connectivity index (χ1) is 26.0. The van der Waals surface area contributed by atoms with Gasteiger partial charge in [0.05, 0.1) is 23.3 Å². The number of aryl methyl sites for hydroxylation is 2. The number of nitrogens with one attached hydrogen (secondary N) is 3. The highest BCUT2D eigenvalue weighted by atomic mass is 35.5. The highest BCUT2D eigenvalue weighted by Gasteiger charge is 2.45. The van der Waals surface area contributed by atoms with E-state index in [0.29, 0.717) is 55.7 Å². The number of anilines is 1. The van der Waals surface area contributed by atoms with Gasteiger partial charge in [0.1, 0.15) is 22.9 Å². The van der Waals surface area contributed by atoms with Gasteiger partial charge in [0.2, 0.25) is 17.7 Å². The van der Waals surface area contributed by atoms with Gasteiger partial charge in [0, 0.05) is 59.4 Å². The molecule has 3 aliphatic heterocycles. The second-order valence-electron chi connectivity index (χ2n) is 13.4. The van der Waals surface area contributed by atoms with Gasteiger partial charge in [-0.05, 0) is 69.9 Å². The summed E-state index contributed by atoms with van der Waals surface area (Å²) in [6, 6.07) is 10.9. The Labute approximate surface area is 320 Å². The van der Waals surface area contributed by atoms with E-state index in [1.54, 1.807) is 29.5 Å². The van der Waals surface area contributed by atoms with Crippen LogP contribution in [-0.2, 0) is 19.1 Å². The maximum Gasteiger partial charge on any atom is 0.264 e. The highest BCUT2D eigenvalue weighted by Crippen LogP contribution is 2.40. The first kappa shape index (κ1) is 37.1. The van der Waals surface area contributed by atoms with Crippen LogP contribution >= 0.6 is 22.9 Å². The zero-order valence-corrected chi connectivity index (χ0v) is 31.6. The molecule has 3 N–H and O–H groups in total. The van der Waals surface area contributed by atoms with Gasteiger partial charge in [-0.1, -0.05) is 29.8 Å². The standard InChI is InChI=1S/C38H39ClN8O6S/c1-20-21(2)54-38-31(20)33(23-9-11-24(39)12-10-23)42-27(34-45-44-22(3)46(34)38)19-30(49)41-16-6-18-53-17-5-15-40-26-8-4-7-25-32(26)37(52)47(36(25)51)28-13-14-29(48)43-35(28)50/h4,7-12,27-28,40H,5-6,13-19H2,1-3H3,(H,41,49)(H,43,48,50)/t27-,28?/m0/s1. The summed E-state index contributed by atoms with van der Waals surface area (Å²) < 4.78 is 7.81. The minimum Gasteiger partial charge on any atom is -0.384 e. The summed E-state index contributed by atoms with van der Waals surface area (Å²) in [6.45, 7) is 7.84.